The number of carbonyl (C=O) groups is 1. The Morgan fingerprint density at radius 2 is 2.25 bits per heavy atom. The van der Waals surface area contributed by atoms with Crippen molar-refractivity contribution in [1.29, 1.82) is 0 Å². The van der Waals surface area contributed by atoms with E-state index in [0.29, 0.717) is 17.6 Å². The quantitative estimate of drug-likeness (QED) is 0.843. The van der Waals surface area contributed by atoms with Crippen molar-refractivity contribution >= 4 is 11.6 Å². The summed E-state index contributed by atoms with van der Waals surface area (Å²) in [5, 5.41) is 6.96. The molecular formula is C16H18F2N4O2. The summed E-state index contributed by atoms with van der Waals surface area (Å²) < 4.78 is 31.0. The molecule has 0 aliphatic heterocycles. The molecule has 0 spiro atoms. The molecule has 1 aliphatic rings. The fraction of sp³-hybridized carbons (Fsp3) is 0.438. The van der Waals surface area contributed by atoms with Crippen LogP contribution in [0.4, 0.5) is 14.5 Å². The number of anilines is 1. The smallest absolute Gasteiger partial charge is 0.274 e. The number of rotatable bonds is 7. The molecule has 8 heteroatoms. The van der Waals surface area contributed by atoms with E-state index < -0.39 is 18.9 Å². The molecule has 2 heterocycles. The van der Waals surface area contributed by atoms with Gasteiger partial charge in [0, 0.05) is 12.3 Å². The van der Waals surface area contributed by atoms with Gasteiger partial charge in [-0.15, -0.1) is 0 Å². The maximum Gasteiger partial charge on any atom is 0.274 e. The van der Waals surface area contributed by atoms with Gasteiger partial charge in [0.25, 0.3) is 12.3 Å². The van der Waals surface area contributed by atoms with Crippen LogP contribution in [0.3, 0.4) is 0 Å². The summed E-state index contributed by atoms with van der Waals surface area (Å²) in [7, 11) is 0. The summed E-state index contributed by atoms with van der Waals surface area (Å²) in [4.78, 5) is 16.1. The van der Waals surface area contributed by atoms with Gasteiger partial charge in [0.15, 0.2) is 6.61 Å². The maximum atomic E-state index is 12.2. The fourth-order valence-corrected chi connectivity index (χ4v) is 2.39. The van der Waals surface area contributed by atoms with Crippen LogP contribution in [0.1, 0.15) is 36.3 Å². The predicted octanol–water partition coefficient (Wildman–Crippen LogP) is 3.15. The van der Waals surface area contributed by atoms with Crippen LogP contribution in [0, 0.1) is 5.92 Å². The minimum absolute atomic E-state index is 0.0130. The van der Waals surface area contributed by atoms with E-state index in [2.05, 4.69) is 22.3 Å². The Labute approximate surface area is 137 Å². The van der Waals surface area contributed by atoms with Crippen molar-refractivity contribution in [3.05, 3.63) is 36.3 Å². The molecule has 1 aliphatic carbocycles. The van der Waals surface area contributed by atoms with Crippen molar-refractivity contribution < 1.29 is 18.3 Å². The first-order valence-corrected chi connectivity index (χ1v) is 7.76. The normalized spacial score (nSPS) is 15.3. The Hall–Kier alpha value is -2.51. The van der Waals surface area contributed by atoms with Crippen LogP contribution >= 0.6 is 0 Å². The molecule has 0 aromatic carbocycles. The Morgan fingerprint density at radius 1 is 1.46 bits per heavy atom. The van der Waals surface area contributed by atoms with Gasteiger partial charge in [-0.05, 0) is 31.7 Å². The lowest BCUT2D eigenvalue weighted by molar-refractivity contribution is 0.0794. The van der Waals surface area contributed by atoms with Crippen LogP contribution < -0.4 is 10.1 Å². The molecule has 2 aromatic heterocycles. The molecule has 128 valence electrons. The number of carbonyl (C=O) groups excluding carboxylic acids is 1. The zero-order chi connectivity index (χ0) is 17.1. The Morgan fingerprint density at radius 3 is 2.96 bits per heavy atom. The van der Waals surface area contributed by atoms with E-state index >= 15 is 0 Å². The third-order valence-electron chi connectivity index (χ3n) is 3.89. The van der Waals surface area contributed by atoms with E-state index in [1.54, 1.807) is 12.4 Å². The van der Waals surface area contributed by atoms with E-state index in [1.807, 2.05) is 4.68 Å². The molecule has 1 atom stereocenters. The van der Waals surface area contributed by atoms with Gasteiger partial charge in [-0.2, -0.15) is 5.10 Å². The number of hydrogen-bond acceptors (Lipinski definition) is 4. The van der Waals surface area contributed by atoms with Gasteiger partial charge in [-0.25, -0.2) is 13.8 Å². The Kier molecular flexibility index (Phi) is 4.73. The summed E-state index contributed by atoms with van der Waals surface area (Å²) in [5.41, 5.74) is 0.651. The third-order valence-corrected chi connectivity index (χ3v) is 3.89. The molecule has 6 nitrogen and oxygen atoms in total. The first-order valence-electron chi connectivity index (χ1n) is 7.76. The Bertz CT molecular complexity index is 716. The highest BCUT2D eigenvalue weighted by molar-refractivity contribution is 6.02. The van der Waals surface area contributed by atoms with E-state index in [4.69, 9.17) is 4.74 Å². The van der Waals surface area contributed by atoms with E-state index in [9.17, 15) is 13.6 Å². The highest BCUT2D eigenvalue weighted by Crippen LogP contribution is 2.39. The molecule has 1 unspecified atom stereocenters. The van der Waals surface area contributed by atoms with Crippen LogP contribution in [0.5, 0.6) is 5.88 Å². The summed E-state index contributed by atoms with van der Waals surface area (Å²) in [6, 6.07) is 4.75. The largest absolute Gasteiger partial charge is 0.472 e. The molecule has 3 rings (SSSR count). The van der Waals surface area contributed by atoms with Crippen LogP contribution in [-0.2, 0) is 0 Å². The molecule has 0 radical (unpaired) electrons. The molecule has 0 bridgehead atoms. The molecule has 24 heavy (non-hydrogen) atoms. The van der Waals surface area contributed by atoms with E-state index in [-0.39, 0.29) is 11.6 Å². The van der Waals surface area contributed by atoms with Gasteiger partial charge in [0.2, 0.25) is 5.88 Å². The van der Waals surface area contributed by atoms with Crippen LogP contribution in [0.2, 0.25) is 0 Å². The SMILES string of the molecule is CC(C1CC1)n1cc(NC(=O)c2cccc(OCC(F)F)n2)cn1. The van der Waals surface area contributed by atoms with Crippen molar-refractivity contribution in [3.8, 4) is 5.88 Å². The number of amides is 1. The lowest BCUT2D eigenvalue weighted by Gasteiger charge is -2.09. The second kappa shape index (κ2) is 6.94. The molecule has 1 amide bonds. The van der Waals surface area contributed by atoms with E-state index in [1.165, 1.54) is 31.0 Å². The van der Waals surface area contributed by atoms with Gasteiger partial charge in [0.05, 0.1) is 17.9 Å². The average Bonchev–Trinajstić information content (AvgIpc) is 3.32. The zero-order valence-corrected chi connectivity index (χ0v) is 13.2. The number of halogens is 2. The summed E-state index contributed by atoms with van der Waals surface area (Å²) in [6.45, 7) is 1.34. The molecule has 1 saturated carbocycles. The highest BCUT2D eigenvalue weighted by Gasteiger charge is 2.29. The number of nitrogens with zero attached hydrogens (tertiary/aromatic N) is 3. The number of ether oxygens (including phenoxy) is 1. The lowest BCUT2D eigenvalue weighted by Crippen LogP contribution is -2.15. The molecule has 1 N–H and O–H groups in total. The fourth-order valence-electron chi connectivity index (χ4n) is 2.39. The van der Waals surface area contributed by atoms with Crippen molar-refractivity contribution in [1.82, 2.24) is 14.8 Å². The second-order valence-electron chi connectivity index (χ2n) is 5.80. The zero-order valence-electron chi connectivity index (χ0n) is 13.2. The van der Waals surface area contributed by atoms with Gasteiger partial charge in [-0.1, -0.05) is 6.07 Å². The number of hydrogen-bond donors (Lipinski definition) is 1. The number of aromatic nitrogens is 3. The maximum absolute atomic E-state index is 12.2. The molecule has 0 saturated heterocycles. The second-order valence-corrected chi connectivity index (χ2v) is 5.80. The van der Waals surface area contributed by atoms with Crippen LogP contribution in [0.25, 0.3) is 0 Å². The van der Waals surface area contributed by atoms with Gasteiger partial charge < -0.3 is 10.1 Å². The van der Waals surface area contributed by atoms with Crippen LogP contribution in [-0.4, -0.2) is 33.7 Å². The van der Waals surface area contributed by atoms with Crippen molar-refractivity contribution in [2.45, 2.75) is 32.2 Å². The predicted molar refractivity (Wildman–Crippen MR) is 83.4 cm³/mol. The first kappa shape index (κ1) is 16.4. The van der Waals surface area contributed by atoms with Crippen molar-refractivity contribution in [2.75, 3.05) is 11.9 Å². The topological polar surface area (TPSA) is 69.0 Å². The number of nitrogens with one attached hydrogen (secondary N) is 1. The summed E-state index contributed by atoms with van der Waals surface area (Å²) in [5.74, 6) is 0.191. The van der Waals surface area contributed by atoms with Crippen molar-refractivity contribution in [2.24, 2.45) is 5.92 Å². The minimum atomic E-state index is -2.59. The molecule has 1 fully saturated rings. The number of alkyl halides is 2. The molecular weight excluding hydrogens is 318 g/mol. The van der Waals surface area contributed by atoms with Crippen molar-refractivity contribution in [3.63, 3.8) is 0 Å². The van der Waals surface area contributed by atoms with Crippen LogP contribution in [0.15, 0.2) is 30.6 Å². The average molecular weight is 336 g/mol. The van der Waals surface area contributed by atoms with Gasteiger partial charge >= 0.3 is 0 Å². The lowest BCUT2D eigenvalue weighted by atomic mass is 10.2. The highest BCUT2D eigenvalue weighted by atomic mass is 19.3. The standard InChI is InChI=1S/C16H18F2N4O2/c1-10(11-5-6-11)22-8-12(7-19-22)20-16(23)13-3-2-4-15(21-13)24-9-14(17)18/h2-4,7-8,10-11,14H,5-6,9H2,1H3,(H,20,23). The number of pyridine rings is 1. The summed E-state index contributed by atoms with van der Waals surface area (Å²) >= 11 is 0. The van der Waals surface area contributed by atoms with E-state index in [0.717, 1.165) is 0 Å². The third kappa shape index (κ3) is 4.06. The summed E-state index contributed by atoms with van der Waals surface area (Å²) in [6.07, 6.45) is 3.17. The minimum Gasteiger partial charge on any atom is -0.472 e. The monoisotopic (exact) mass is 336 g/mol. The first-order chi connectivity index (χ1) is 11.5. The van der Waals surface area contributed by atoms with Gasteiger partial charge in [-0.3, -0.25) is 9.48 Å². The molecule has 2 aromatic rings. The Balaban J connectivity index is 1.63. The van der Waals surface area contributed by atoms with Gasteiger partial charge in [0.1, 0.15) is 5.69 Å².